The first kappa shape index (κ1) is 29.0. The normalized spacial score (nSPS) is 10.3. The summed E-state index contributed by atoms with van der Waals surface area (Å²) in [5.41, 5.74) is 15.4. The van der Waals surface area contributed by atoms with Crippen LogP contribution in [0.3, 0.4) is 0 Å². The number of benzene rings is 7. The second kappa shape index (κ2) is 14.4. The van der Waals surface area contributed by atoms with Crippen molar-refractivity contribution in [2.75, 3.05) is 15.5 Å². The van der Waals surface area contributed by atoms with Gasteiger partial charge in [0.05, 0.1) is 0 Å². The first-order valence-corrected chi connectivity index (χ1v) is 15.1. The van der Waals surface area contributed by atoms with E-state index in [1.807, 2.05) is 30.3 Å². The van der Waals surface area contributed by atoms with Crippen molar-refractivity contribution in [1.82, 2.24) is 0 Å². The monoisotopic (exact) mass is 581 g/mol. The molecule has 0 unspecified atom stereocenters. The van der Waals surface area contributed by atoms with Crippen molar-refractivity contribution < 1.29 is 0 Å². The highest BCUT2D eigenvalue weighted by Gasteiger charge is 2.14. The summed E-state index contributed by atoms with van der Waals surface area (Å²) in [6.45, 7) is 0. The van der Waals surface area contributed by atoms with Gasteiger partial charge < -0.3 is 15.5 Å². The largest absolute Gasteiger partial charge is 0.399 e. The van der Waals surface area contributed by atoms with E-state index in [1.54, 1.807) is 0 Å². The molecule has 3 heteroatoms. The molecular weight excluding hydrogens is 546 g/mol. The van der Waals surface area contributed by atoms with Crippen LogP contribution in [0.4, 0.5) is 39.8 Å². The van der Waals surface area contributed by atoms with Crippen LogP contribution in [0.15, 0.2) is 200 Å². The Hall–Kier alpha value is -6.06. The van der Waals surface area contributed by atoms with E-state index in [-0.39, 0.29) is 0 Å². The van der Waals surface area contributed by atoms with Crippen molar-refractivity contribution >= 4 is 39.8 Å². The molecule has 45 heavy (non-hydrogen) atoms. The van der Waals surface area contributed by atoms with Crippen molar-refractivity contribution in [3.63, 3.8) is 0 Å². The Kier molecular flexibility index (Phi) is 9.30. The first-order chi connectivity index (χ1) is 22.3. The maximum absolute atomic E-state index is 5.36. The van der Waals surface area contributed by atoms with Gasteiger partial charge in [-0.25, -0.2) is 0 Å². The average molecular weight is 582 g/mol. The number of hydrogen-bond donors (Lipinski definition) is 1. The van der Waals surface area contributed by atoms with Gasteiger partial charge in [0.25, 0.3) is 0 Å². The molecule has 3 nitrogen and oxygen atoms in total. The Bertz CT molecular complexity index is 1650. The van der Waals surface area contributed by atoms with E-state index >= 15 is 0 Å². The number of hydrogen-bond acceptors (Lipinski definition) is 3. The first-order valence-electron chi connectivity index (χ1n) is 15.1. The molecule has 0 saturated carbocycles. The minimum Gasteiger partial charge on any atom is -0.399 e. The van der Waals surface area contributed by atoms with E-state index < -0.39 is 0 Å². The standard InChI is InChI=1S/C36H28N2.C6H7N/c1-5-13-31(14-6-1)37(32-15-7-2-8-16-32)35-25-21-29(22-26-35)30-23-27-36(28-24-30)38(33-17-9-3-10-18-33)34-19-11-4-12-20-34;7-6-4-2-1-3-5-6/h1-28H;1-5H,7H2. The van der Waals surface area contributed by atoms with Crippen molar-refractivity contribution in [1.29, 1.82) is 0 Å². The van der Waals surface area contributed by atoms with E-state index in [4.69, 9.17) is 5.73 Å². The summed E-state index contributed by atoms with van der Waals surface area (Å²) in [6, 6.07) is 69.1. The lowest BCUT2D eigenvalue weighted by Crippen LogP contribution is -2.09. The molecule has 0 saturated heterocycles. The molecule has 0 fully saturated rings. The van der Waals surface area contributed by atoms with Crippen LogP contribution in [0.1, 0.15) is 0 Å². The summed E-state index contributed by atoms with van der Waals surface area (Å²) in [5, 5.41) is 0. The fraction of sp³-hybridized carbons (Fsp3) is 0. The van der Waals surface area contributed by atoms with Gasteiger partial charge in [-0.15, -0.1) is 0 Å². The average Bonchev–Trinajstić information content (AvgIpc) is 3.12. The highest BCUT2D eigenvalue weighted by Crippen LogP contribution is 2.37. The predicted octanol–water partition coefficient (Wildman–Crippen LogP) is 11.6. The van der Waals surface area contributed by atoms with Gasteiger partial charge in [-0.05, 0) is 96.1 Å². The highest BCUT2D eigenvalue weighted by molar-refractivity contribution is 5.80. The summed E-state index contributed by atoms with van der Waals surface area (Å²) in [5.74, 6) is 0. The predicted molar refractivity (Wildman–Crippen MR) is 192 cm³/mol. The molecule has 0 atom stereocenters. The van der Waals surface area contributed by atoms with E-state index in [0.717, 1.165) is 39.8 Å². The highest BCUT2D eigenvalue weighted by atomic mass is 15.1. The van der Waals surface area contributed by atoms with E-state index in [0.29, 0.717) is 0 Å². The molecule has 7 rings (SSSR count). The number of nitrogen functional groups attached to an aromatic ring is 1. The van der Waals surface area contributed by atoms with Gasteiger partial charge in [-0.2, -0.15) is 0 Å². The summed E-state index contributed by atoms with van der Waals surface area (Å²) in [6.07, 6.45) is 0. The van der Waals surface area contributed by atoms with Gasteiger partial charge in [-0.3, -0.25) is 0 Å². The third kappa shape index (κ3) is 7.30. The Balaban J connectivity index is 0.000000452. The SMILES string of the molecule is Nc1ccccc1.c1ccc(N(c2ccccc2)c2ccc(-c3ccc(N(c4ccccc4)c4ccccc4)cc3)cc2)cc1. The Morgan fingerprint density at radius 2 is 0.467 bits per heavy atom. The van der Waals surface area contributed by atoms with Crippen LogP contribution in [0, 0.1) is 0 Å². The number of nitrogens with zero attached hydrogens (tertiary/aromatic N) is 2. The minimum atomic E-state index is 0.822. The fourth-order valence-electron chi connectivity index (χ4n) is 5.26. The van der Waals surface area contributed by atoms with Crippen LogP contribution in [-0.2, 0) is 0 Å². The van der Waals surface area contributed by atoms with Gasteiger partial charge in [0.1, 0.15) is 0 Å². The Labute approximate surface area is 266 Å². The fourth-order valence-corrected chi connectivity index (χ4v) is 5.26. The van der Waals surface area contributed by atoms with Crippen LogP contribution >= 0.6 is 0 Å². The Morgan fingerprint density at radius 1 is 0.244 bits per heavy atom. The van der Waals surface area contributed by atoms with Gasteiger partial charge in [0, 0.05) is 39.8 Å². The maximum Gasteiger partial charge on any atom is 0.0462 e. The van der Waals surface area contributed by atoms with Gasteiger partial charge in [0.2, 0.25) is 0 Å². The molecule has 0 bridgehead atoms. The van der Waals surface area contributed by atoms with Gasteiger partial charge in [-0.1, -0.05) is 115 Å². The van der Waals surface area contributed by atoms with Crippen LogP contribution in [0.5, 0.6) is 0 Å². The quantitative estimate of drug-likeness (QED) is 0.190. The third-order valence-electron chi connectivity index (χ3n) is 7.44. The zero-order valence-electron chi connectivity index (χ0n) is 25.0. The molecule has 0 spiro atoms. The summed E-state index contributed by atoms with van der Waals surface area (Å²) < 4.78 is 0. The number of para-hydroxylation sites is 5. The molecule has 7 aromatic rings. The molecule has 0 aliphatic rings. The van der Waals surface area contributed by atoms with Gasteiger partial charge >= 0.3 is 0 Å². The minimum absolute atomic E-state index is 0.822. The summed E-state index contributed by atoms with van der Waals surface area (Å²) in [7, 11) is 0. The zero-order valence-corrected chi connectivity index (χ0v) is 25.0. The number of rotatable bonds is 7. The molecule has 0 amide bonds. The van der Waals surface area contributed by atoms with Crippen molar-refractivity contribution in [3.8, 4) is 11.1 Å². The number of anilines is 7. The van der Waals surface area contributed by atoms with E-state index in [1.165, 1.54) is 11.1 Å². The topological polar surface area (TPSA) is 32.5 Å². The molecule has 218 valence electrons. The molecule has 7 aromatic carbocycles. The lowest BCUT2D eigenvalue weighted by atomic mass is 10.0. The molecule has 0 heterocycles. The molecule has 2 N–H and O–H groups in total. The van der Waals surface area contributed by atoms with E-state index in [2.05, 4.69) is 180 Å². The van der Waals surface area contributed by atoms with Crippen LogP contribution in [-0.4, -0.2) is 0 Å². The Morgan fingerprint density at radius 3 is 0.689 bits per heavy atom. The van der Waals surface area contributed by atoms with Crippen molar-refractivity contribution in [3.05, 3.63) is 200 Å². The van der Waals surface area contributed by atoms with Crippen LogP contribution in [0.25, 0.3) is 11.1 Å². The second-order valence-corrected chi connectivity index (χ2v) is 10.5. The van der Waals surface area contributed by atoms with Crippen molar-refractivity contribution in [2.24, 2.45) is 0 Å². The summed E-state index contributed by atoms with van der Waals surface area (Å²) in [4.78, 5) is 4.56. The smallest absolute Gasteiger partial charge is 0.0462 e. The summed E-state index contributed by atoms with van der Waals surface area (Å²) >= 11 is 0. The molecule has 0 radical (unpaired) electrons. The maximum atomic E-state index is 5.36. The second-order valence-electron chi connectivity index (χ2n) is 10.5. The van der Waals surface area contributed by atoms with E-state index in [9.17, 15) is 0 Å². The third-order valence-corrected chi connectivity index (χ3v) is 7.44. The van der Waals surface area contributed by atoms with Crippen LogP contribution < -0.4 is 15.5 Å². The van der Waals surface area contributed by atoms with Crippen LogP contribution in [0.2, 0.25) is 0 Å². The molecule has 0 aliphatic heterocycles. The van der Waals surface area contributed by atoms with Gasteiger partial charge in [0.15, 0.2) is 0 Å². The molecular formula is C42H35N3. The molecule has 0 aromatic heterocycles. The van der Waals surface area contributed by atoms with Crippen molar-refractivity contribution in [2.45, 2.75) is 0 Å². The number of nitrogens with two attached hydrogens (primary N) is 1. The zero-order chi connectivity index (χ0) is 30.7. The molecule has 0 aliphatic carbocycles. The lowest BCUT2D eigenvalue weighted by molar-refractivity contribution is 1.28. The lowest BCUT2D eigenvalue weighted by Gasteiger charge is -2.26.